The Bertz CT molecular complexity index is 740. The van der Waals surface area contributed by atoms with Crippen molar-refractivity contribution in [2.45, 2.75) is 20.8 Å². The number of nitriles is 1. The van der Waals surface area contributed by atoms with Crippen molar-refractivity contribution in [2.75, 3.05) is 5.32 Å². The Labute approximate surface area is 122 Å². The van der Waals surface area contributed by atoms with E-state index in [0.717, 1.165) is 5.56 Å². The van der Waals surface area contributed by atoms with Gasteiger partial charge in [-0.05, 0) is 55.7 Å². The van der Waals surface area contributed by atoms with Crippen LogP contribution in [0.15, 0.2) is 24.4 Å². The maximum atomic E-state index is 13.7. The fourth-order valence-electron chi connectivity index (χ4n) is 1.95. The molecule has 1 amide bonds. The number of hydrogen-bond donors (Lipinski definition) is 1. The predicted molar refractivity (Wildman–Crippen MR) is 77.5 cm³/mol. The van der Waals surface area contributed by atoms with Crippen molar-refractivity contribution in [1.82, 2.24) is 4.98 Å². The topological polar surface area (TPSA) is 65.8 Å². The highest BCUT2D eigenvalue weighted by atomic mass is 19.1. The summed E-state index contributed by atoms with van der Waals surface area (Å²) in [4.78, 5) is 16.1. The summed E-state index contributed by atoms with van der Waals surface area (Å²) in [5, 5.41) is 11.4. The largest absolute Gasteiger partial charge is 0.321 e. The van der Waals surface area contributed by atoms with Gasteiger partial charge in [-0.3, -0.25) is 4.79 Å². The first kappa shape index (κ1) is 14.7. The quantitative estimate of drug-likeness (QED) is 0.919. The molecule has 2 rings (SSSR count). The molecule has 0 saturated heterocycles. The van der Waals surface area contributed by atoms with Crippen molar-refractivity contribution in [3.8, 4) is 6.07 Å². The lowest BCUT2D eigenvalue weighted by Crippen LogP contribution is -2.15. The number of pyridine rings is 1. The molecule has 0 saturated carbocycles. The molecular formula is C16H14FN3O. The molecule has 2 aromatic rings. The third-order valence-electron chi connectivity index (χ3n) is 3.28. The highest BCUT2D eigenvalue weighted by molar-refractivity contribution is 6.03. The van der Waals surface area contributed by atoms with E-state index in [9.17, 15) is 9.18 Å². The summed E-state index contributed by atoms with van der Waals surface area (Å²) < 4.78 is 13.7. The van der Waals surface area contributed by atoms with Gasteiger partial charge in [0.1, 0.15) is 17.6 Å². The van der Waals surface area contributed by atoms with E-state index in [4.69, 9.17) is 5.26 Å². The van der Waals surface area contributed by atoms with E-state index in [1.165, 1.54) is 12.3 Å². The Morgan fingerprint density at radius 2 is 1.95 bits per heavy atom. The molecule has 1 aromatic carbocycles. The summed E-state index contributed by atoms with van der Waals surface area (Å²) in [6.07, 6.45) is 1.34. The minimum atomic E-state index is -0.431. The lowest BCUT2D eigenvalue weighted by molar-refractivity contribution is 0.102. The lowest BCUT2D eigenvalue weighted by atomic mass is 10.1. The Hall–Kier alpha value is -2.74. The van der Waals surface area contributed by atoms with E-state index in [2.05, 4.69) is 10.3 Å². The molecule has 0 aliphatic carbocycles. The van der Waals surface area contributed by atoms with E-state index < -0.39 is 5.91 Å². The second-order valence-corrected chi connectivity index (χ2v) is 4.86. The summed E-state index contributed by atoms with van der Waals surface area (Å²) in [6.45, 7) is 5.16. The van der Waals surface area contributed by atoms with Gasteiger partial charge < -0.3 is 5.32 Å². The number of aryl methyl sites for hydroxylation is 2. The van der Waals surface area contributed by atoms with Crippen molar-refractivity contribution in [2.24, 2.45) is 0 Å². The van der Waals surface area contributed by atoms with E-state index in [1.807, 2.05) is 6.07 Å². The number of carbonyl (C=O) groups is 1. The van der Waals surface area contributed by atoms with Crippen molar-refractivity contribution in [3.63, 3.8) is 0 Å². The minimum Gasteiger partial charge on any atom is -0.321 e. The number of anilines is 1. The van der Waals surface area contributed by atoms with E-state index >= 15 is 0 Å². The second-order valence-electron chi connectivity index (χ2n) is 4.86. The zero-order valence-electron chi connectivity index (χ0n) is 12.0. The number of nitrogens with zero attached hydrogens (tertiary/aromatic N) is 2. The number of halogens is 1. The highest BCUT2D eigenvalue weighted by Crippen LogP contribution is 2.19. The maximum absolute atomic E-state index is 13.7. The molecule has 0 bridgehead atoms. The average molecular weight is 283 g/mol. The molecule has 0 aliphatic rings. The monoisotopic (exact) mass is 283 g/mol. The molecule has 0 fully saturated rings. The van der Waals surface area contributed by atoms with Crippen molar-refractivity contribution in [1.29, 1.82) is 5.26 Å². The van der Waals surface area contributed by atoms with Crippen molar-refractivity contribution < 1.29 is 9.18 Å². The molecular weight excluding hydrogens is 269 g/mol. The van der Waals surface area contributed by atoms with Gasteiger partial charge in [0.2, 0.25) is 0 Å². The molecule has 4 nitrogen and oxygen atoms in total. The van der Waals surface area contributed by atoms with Crippen LogP contribution < -0.4 is 5.32 Å². The van der Waals surface area contributed by atoms with E-state index in [1.54, 1.807) is 32.9 Å². The van der Waals surface area contributed by atoms with Gasteiger partial charge in [0.05, 0.1) is 5.56 Å². The van der Waals surface area contributed by atoms with Crippen LogP contribution in [-0.2, 0) is 0 Å². The summed E-state index contributed by atoms with van der Waals surface area (Å²) in [5.74, 6) is -0.797. The maximum Gasteiger partial charge on any atom is 0.274 e. The van der Waals surface area contributed by atoms with Gasteiger partial charge in [0, 0.05) is 11.9 Å². The van der Waals surface area contributed by atoms with Gasteiger partial charge >= 0.3 is 0 Å². The molecule has 1 N–H and O–H groups in total. The van der Waals surface area contributed by atoms with E-state index in [-0.39, 0.29) is 11.5 Å². The van der Waals surface area contributed by atoms with Gasteiger partial charge in [-0.1, -0.05) is 0 Å². The van der Waals surface area contributed by atoms with Crippen LogP contribution in [0.1, 0.15) is 32.7 Å². The molecule has 0 atom stereocenters. The Balaban J connectivity index is 2.28. The fraction of sp³-hybridized carbons (Fsp3) is 0.188. The molecule has 1 aromatic heterocycles. The molecule has 106 valence electrons. The normalized spacial score (nSPS) is 10.0. The van der Waals surface area contributed by atoms with Crippen LogP contribution in [0.3, 0.4) is 0 Å². The van der Waals surface area contributed by atoms with Gasteiger partial charge in [-0.15, -0.1) is 0 Å². The molecule has 21 heavy (non-hydrogen) atoms. The van der Waals surface area contributed by atoms with Gasteiger partial charge in [0.15, 0.2) is 0 Å². The standard InChI is InChI=1S/C16H14FN3O/c1-9-5-13(6-14(17)11(9)3)20-16(21)15-10(2)4-12(7-18)8-19-15/h4-6,8H,1-3H3,(H,20,21). The number of aromatic nitrogens is 1. The fourth-order valence-corrected chi connectivity index (χ4v) is 1.95. The smallest absolute Gasteiger partial charge is 0.274 e. The van der Waals surface area contributed by atoms with Crippen LogP contribution >= 0.6 is 0 Å². The zero-order valence-corrected chi connectivity index (χ0v) is 12.0. The average Bonchev–Trinajstić information content (AvgIpc) is 2.44. The first-order valence-electron chi connectivity index (χ1n) is 6.37. The number of hydrogen-bond acceptors (Lipinski definition) is 3. The van der Waals surface area contributed by atoms with E-state index in [0.29, 0.717) is 22.4 Å². The molecule has 1 heterocycles. The predicted octanol–water partition coefficient (Wildman–Crippen LogP) is 3.27. The summed E-state index contributed by atoms with van der Waals surface area (Å²) in [6, 6.07) is 6.53. The minimum absolute atomic E-state index is 0.215. The highest BCUT2D eigenvalue weighted by Gasteiger charge is 2.13. The third kappa shape index (κ3) is 3.06. The van der Waals surface area contributed by atoms with Gasteiger partial charge in [-0.2, -0.15) is 5.26 Å². The van der Waals surface area contributed by atoms with Gasteiger partial charge in [0.25, 0.3) is 5.91 Å². The lowest BCUT2D eigenvalue weighted by Gasteiger charge is -2.09. The van der Waals surface area contributed by atoms with Crippen molar-refractivity contribution in [3.05, 3.63) is 58.2 Å². The Morgan fingerprint density at radius 3 is 2.52 bits per heavy atom. The summed E-state index contributed by atoms with van der Waals surface area (Å²) in [7, 11) is 0. The van der Waals surface area contributed by atoms with Crippen LogP contribution in [0.4, 0.5) is 10.1 Å². The number of nitrogens with one attached hydrogen (secondary N) is 1. The molecule has 5 heteroatoms. The number of amides is 1. The third-order valence-corrected chi connectivity index (χ3v) is 3.28. The summed E-state index contributed by atoms with van der Waals surface area (Å²) in [5.41, 5.74) is 2.89. The number of carbonyl (C=O) groups excluding carboxylic acids is 1. The Morgan fingerprint density at radius 1 is 1.24 bits per heavy atom. The first-order valence-corrected chi connectivity index (χ1v) is 6.37. The number of benzene rings is 1. The van der Waals surface area contributed by atoms with Crippen molar-refractivity contribution >= 4 is 11.6 Å². The zero-order chi connectivity index (χ0) is 15.6. The Kier molecular flexibility index (Phi) is 3.99. The second kappa shape index (κ2) is 5.71. The molecule has 0 radical (unpaired) electrons. The molecule has 0 unspecified atom stereocenters. The van der Waals surface area contributed by atoms with Crippen LogP contribution in [-0.4, -0.2) is 10.9 Å². The van der Waals surface area contributed by atoms with Crippen LogP contribution in [0.2, 0.25) is 0 Å². The molecule has 0 spiro atoms. The van der Waals surface area contributed by atoms with Gasteiger partial charge in [-0.25, -0.2) is 9.37 Å². The van der Waals surface area contributed by atoms with Crippen LogP contribution in [0.5, 0.6) is 0 Å². The SMILES string of the molecule is Cc1cc(C#N)cnc1C(=O)Nc1cc(C)c(C)c(F)c1. The van der Waals surface area contributed by atoms with Crippen LogP contribution in [0, 0.1) is 37.9 Å². The summed E-state index contributed by atoms with van der Waals surface area (Å²) >= 11 is 0. The number of rotatable bonds is 2. The van der Waals surface area contributed by atoms with Crippen LogP contribution in [0.25, 0.3) is 0 Å². The first-order chi connectivity index (χ1) is 9.92. The molecule has 0 aliphatic heterocycles.